The Labute approximate surface area is 165 Å². The van der Waals surface area contributed by atoms with Crippen molar-refractivity contribution < 1.29 is 22.9 Å². The van der Waals surface area contributed by atoms with Gasteiger partial charge in [0.15, 0.2) is 0 Å². The lowest BCUT2D eigenvalue weighted by molar-refractivity contribution is -0.384. The quantitative estimate of drug-likeness (QED) is 0.375. The number of hydrogen-bond donors (Lipinski definition) is 0. The molecule has 0 unspecified atom stereocenters. The highest BCUT2D eigenvalue weighted by Crippen LogP contribution is 2.34. The molecule has 0 amide bonds. The number of nitro benzene ring substituents is 1. The number of nitrogens with zero attached hydrogens (tertiary/aromatic N) is 2. The van der Waals surface area contributed by atoms with Crippen LogP contribution in [0.1, 0.15) is 6.92 Å². The van der Waals surface area contributed by atoms with Gasteiger partial charge in [-0.25, -0.2) is 8.42 Å². The lowest BCUT2D eigenvalue weighted by Crippen LogP contribution is -2.36. The molecule has 0 aliphatic carbocycles. The maximum Gasteiger partial charge on any atom is 0.326 e. The highest BCUT2D eigenvalue weighted by molar-refractivity contribution is 7.92. The van der Waals surface area contributed by atoms with E-state index >= 15 is 0 Å². The number of anilines is 1. The highest BCUT2D eigenvalue weighted by atomic mass is 35.5. The van der Waals surface area contributed by atoms with Crippen molar-refractivity contribution in [2.24, 2.45) is 0 Å². The van der Waals surface area contributed by atoms with Gasteiger partial charge in [0.05, 0.1) is 27.1 Å². The third-order valence-corrected chi connectivity index (χ3v) is 5.73. The molecule has 0 N–H and O–H groups in total. The second-order valence-corrected chi connectivity index (χ2v) is 7.87. The summed E-state index contributed by atoms with van der Waals surface area (Å²) in [6.45, 7) is 0.895. The van der Waals surface area contributed by atoms with Gasteiger partial charge >= 0.3 is 5.97 Å². The summed E-state index contributed by atoms with van der Waals surface area (Å²) < 4.78 is 31.6. The molecule has 0 aromatic heterocycles. The molecule has 0 aliphatic rings. The van der Waals surface area contributed by atoms with Gasteiger partial charge in [0.1, 0.15) is 6.54 Å². The van der Waals surface area contributed by atoms with Crippen molar-refractivity contribution in [2.45, 2.75) is 11.8 Å². The van der Waals surface area contributed by atoms with Crippen molar-refractivity contribution in [3.05, 3.63) is 62.6 Å². The molecule has 2 aromatic rings. The van der Waals surface area contributed by atoms with Crippen molar-refractivity contribution in [1.29, 1.82) is 0 Å². The van der Waals surface area contributed by atoms with E-state index in [0.29, 0.717) is 9.33 Å². The average Bonchev–Trinajstić information content (AvgIpc) is 2.60. The molecule has 8 nitrogen and oxygen atoms in total. The van der Waals surface area contributed by atoms with E-state index < -0.39 is 27.5 Å². The first-order valence-corrected chi connectivity index (χ1v) is 9.74. The normalized spacial score (nSPS) is 11.1. The number of hydrogen-bond acceptors (Lipinski definition) is 6. The van der Waals surface area contributed by atoms with Crippen LogP contribution in [0.5, 0.6) is 0 Å². The summed E-state index contributed by atoms with van der Waals surface area (Å²) in [7, 11) is -4.28. The zero-order chi connectivity index (χ0) is 20.2. The maximum atomic E-state index is 13.1. The van der Waals surface area contributed by atoms with Crippen LogP contribution < -0.4 is 4.31 Å². The molecular weight excluding hydrogens is 419 g/mol. The minimum Gasteiger partial charge on any atom is -0.465 e. The van der Waals surface area contributed by atoms with Gasteiger partial charge < -0.3 is 4.74 Å². The first kappa shape index (κ1) is 20.9. The first-order valence-electron chi connectivity index (χ1n) is 7.54. The number of ether oxygens (including phenoxy) is 1. The Balaban J connectivity index is 2.61. The molecule has 11 heteroatoms. The lowest BCUT2D eigenvalue weighted by atomic mass is 10.3. The molecule has 0 saturated carbocycles. The molecular formula is C16H14Cl2N2O6S. The Morgan fingerprint density at radius 3 is 2.37 bits per heavy atom. The monoisotopic (exact) mass is 432 g/mol. The number of halogens is 2. The second-order valence-electron chi connectivity index (χ2n) is 5.16. The van der Waals surface area contributed by atoms with E-state index in [1.165, 1.54) is 30.3 Å². The molecule has 0 aliphatic heterocycles. The Bertz CT molecular complexity index is 963. The Morgan fingerprint density at radius 2 is 1.81 bits per heavy atom. The van der Waals surface area contributed by atoms with Crippen molar-refractivity contribution in [3.63, 3.8) is 0 Å². The Kier molecular flexibility index (Phi) is 6.63. The molecule has 0 fully saturated rings. The smallest absolute Gasteiger partial charge is 0.326 e. The lowest BCUT2D eigenvalue weighted by Gasteiger charge is -2.24. The van der Waals surface area contributed by atoms with Crippen LogP contribution >= 0.6 is 23.2 Å². The van der Waals surface area contributed by atoms with Gasteiger partial charge in [-0.2, -0.15) is 0 Å². The summed E-state index contributed by atoms with van der Waals surface area (Å²) in [6.07, 6.45) is 0. The average molecular weight is 433 g/mol. The fourth-order valence-electron chi connectivity index (χ4n) is 2.16. The molecule has 0 atom stereocenters. The molecule has 27 heavy (non-hydrogen) atoms. The molecule has 0 radical (unpaired) electrons. The third kappa shape index (κ3) is 4.88. The van der Waals surface area contributed by atoms with Crippen LogP contribution in [0.3, 0.4) is 0 Å². The number of esters is 1. The summed E-state index contributed by atoms with van der Waals surface area (Å²) in [5.41, 5.74) is -0.594. The molecule has 0 bridgehead atoms. The fourth-order valence-corrected chi connectivity index (χ4v) is 3.98. The summed E-state index contributed by atoms with van der Waals surface area (Å²) in [4.78, 5) is 22.2. The van der Waals surface area contributed by atoms with Crippen LogP contribution in [0, 0.1) is 10.1 Å². The fraction of sp³-hybridized carbons (Fsp3) is 0.188. The number of carbonyl (C=O) groups is 1. The first-order chi connectivity index (χ1) is 12.7. The number of carbonyl (C=O) groups excluding carboxylic acids is 1. The summed E-state index contributed by atoms with van der Waals surface area (Å²) in [5.74, 6) is -0.836. The molecule has 0 saturated heterocycles. The zero-order valence-electron chi connectivity index (χ0n) is 14.0. The maximum absolute atomic E-state index is 13.1. The topological polar surface area (TPSA) is 107 Å². The van der Waals surface area contributed by atoms with Crippen molar-refractivity contribution >= 4 is 50.6 Å². The number of rotatable bonds is 7. The number of benzene rings is 2. The van der Waals surface area contributed by atoms with Crippen LogP contribution in [0.25, 0.3) is 0 Å². The summed E-state index contributed by atoms with van der Waals surface area (Å²) >= 11 is 11.9. The van der Waals surface area contributed by atoms with Gasteiger partial charge in [0.2, 0.25) is 0 Å². The standard InChI is InChI=1S/C16H14Cl2N2O6S/c1-2-26-16(21)10-19(15-9-12(20(22)23)5-8-14(15)18)27(24,25)13-6-3-11(17)4-7-13/h3-9H,2,10H2,1H3. The van der Waals surface area contributed by atoms with Crippen LogP contribution in [0.2, 0.25) is 10.0 Å². The van der Waals surface area contributed by atoms with E-state index in [1.54, 1.807) is 6.92 Å². The van der Waals surface area contributed by atoms with E-state index in [9.17, 15) is 23.3 Å². The second kappa shape index (κ2) is 8.55. The van der Waals surface area contributed by atoms with Crippen LogP contribution in [0.4, 0.5) is 11.4 Å². The summed E-state index contributed by atoms with van der Waals surface area (Å²) in [6, 6.07) is 8.53. The van der Waals surface area contributed by atoms with E-state index in [0.717, 1.165) is 12.1 Å². The van der Waals surface area contributed by atoms with Crippen LogP contribution in [0.15, 0.2) is 47.4 Å². The van der Waals surface area contributed by atoms with Crippen molar-refractivity contribution in [2.75, 3.05) is 17.5 Å². The number of non-ortho nitro benzene ring substituents is 1. The van der Waals surface area contributed by atoms with Gasteiger partial charge in [-0.05, 0) is 37.3 Å². The van der Waals surface area contributed by atoms with E-state index in [4.69, 9.17) is 27.9 Å². The van der Waals surface area contributed by atoms with Gasteiger partial charge in [-0.3, -0.25) is 19.2 Å². The van der Waals surface area contributed by atoms with Crippen LogP contribution in [-0.4, -0.2) is 32.5 Å². The molecule has 2 rings (SSSR count). The van der Waals surface area contributed by atoms with Gasteiger partial charge in [-0.1, -0.05) is 23.2 Å². The third-order valence-electron chi connectivity index (χ3n) is 3.39. The number of nitro groups is 1. The van der Waals surface area contributed by atoms with E-state index in [-0.39, 0.29) is 27.9 Å². The molecule has 144 valence electrons. The Morgan fingerprint density at radius 1 is 1.19 bits per heavy atom. The zero-order valence-corrected chi connectivity index (χ0v) is 16.3. The molecule has 2 aromatic carbocycles. The minimum atomic E-state index is -4.28. The van der Waals surface area contributed by atoms with Crippen LogP contribution in [-0.2, 0) is 19.6 Å². The minimum absolute atomic E-state index is 0.0380. The molecule has 0 spiro atoms. The largest absolute Gasteiger partial charge is 0.465 e. The highest BCUT2D eigenvalue weighted by Gasteiger charge is 2.30. The Hall–Kier alpha value is -2.36. The molecule has 0 heterocycles. The van der Waals surface area contributed by atoms with E-state index in [1.807, 2.05) is 0 Å². The predicted molar refractivity (Wildman–Crippen MR) is 101 cm³/mol. The SMILES string of the molecule is CCOC(=O)CN(c1cc([N+](=O)[O-])ccc1Cl)S(=O)(=O)c1ccc(Cl)cc1. The van der Waals surface area contributed by atoms with Crippen molar-refractivity contribution in [1.82, 2.24) is 0 Å². The van der Waals surface area contributed by atoms with E-state index in [2.05, 4.69) is 0 Å². The van der Waals surface area contributed by atoms with Gasteiger partial charge in [-0.15, -0.1) is 0 Å². The number of sulfonamides is 1. The summed E-state index contributed by atoms with van der Waals surface area (Å²) in [5, 5.41) is 11.3. The van der Waals surface area contributed by atoms with Gasteiger partial charge in [0.25, 0.3) is 15.7 Å². The predicted octanol–water partition coefficient (Wildman–Crippen LogP) is 3.66. The van der Waals surface area contributed by atoms with Gasteiger partial charge in [0, 0.05) is 17.2 Å². The van der Waals surface area contributed by atoms with Crippen molar-refractivity contribution in [3.8, 4) is 0 Å².